The molecular formula is C12H26O2Si. The van der Waals surface area contributed by atoms with Crippen LogP contribution in [0.5, 0.6) is 0 Å². The summed E-state index contributed by atoms with van der Waals surface area (Å²) in [5, 5.41) is 0. The SMILES string of the molecule is CCO[SiH](OCC)C1CCCC(C)(C)C1. The molecule has 0 radical (unpaired) electrons. The normalized spacial score (nSPS) is 25.8. The van der Waals surface area contributed by atoms with Gasteiger partial charge in [-0.2, -0.15) is 0 Å². The molecule has 0 aromatic heterocycles. The Balaban J connectivity index is 2.50. The zero-order valence-corrected chi connectivity index (χ0v) is 11.9. The van der Waals surface area contributed by atoms with Crippen LogP contribution in [0.25, 0.3) is 0 Å². The maximum atomic E-state index is 5.83. The molecule has 0 aliphatic heterocycles. The van der Waals surface area contributed by atoms with E-state index in [4.69, 9.17) is 8.85 Å². The van der Waals surface area contributed by atoms with E-state index in [1.807, 2.05) is 0 Å². The van der Waals surface area contributed by atoms with E-state index >= 15 is 0 Å². The van der Waals surface area contributed by atoms with E-state index in [9.17, 15) is 0 Å². The van der Waals surface area contributed by atoms with E-state index in [0.717, 1.165) is 18.8 Å². The number of hydrogen-bond donors (Lipinski definition) is 0. The minimum Gasteiger partial charge on any atom is -0.397 e. The molecule has 15 heavy (non-hydrogen) atoms. The summed E-state index contributed by atoms with van der Waals surface area (Å²) in [6.07, 6.45) is 5.33. The molecule has 0 bridgehead atoms. The zero-order valence-electron chi connectivity index (χ0n) is 10.7. The van der Waals surface area contributed by atoms with Gasteiger partial charge in [-0.05, 0) is 38.5 Å². The molecule has 0 amide bonds. The molecule has 0 spiro atoms. The average molecular weight is 230 g/mol. The fourth-order valence-electron chi connectivity index (χ4n) is 2.64. The zero-order chi connectivity index (χ0) is 11.3. The molecule has 1 fully saturated rings. The molecule has 0 aromatic carbocycles. The van der Waals surface area contributed by atoms with Gasteiger partial charge in [0.2, 0.25) is 0 Å². The van der Waals surface area contributed by atoms with E-state index in [1.165, 1.54) is 25.7 Å². The highest BCUT2D eigenvalue weighted by Gasteiger charge is 2.35. The lowest BCUT2D eigenvalue weighted by molar-refractivity contribution is 0.168. The molecule has 1 aliphatic rings. The maximum absolute atomic E-state index is 5.83. The minimum atomic E-state index is -1.40. The van der Waals surface area contributed by atoms with Crippen molar-refractivity contribution in [1.82, 2.24) is 0 Å². The van der Waals surface area contributed by atoms with Crippen molar-refractivity contribution in [1.29, 1.82) is 0 Å². The van der Waals surface area contributed by atoms with E-state index in [1.54, 1.807) is 0 Å². The third-order valence-electron chi connectivity index (χ3n) is 3.29. The van der Waals surface area contributed by atoms with Gasteiger partial charge in [-0.25, -0.2) is 0 Å². The van der Waals surface area contributed by atoms with E-state index in [0.29, 0.717) is 5.41 Å². The second-order valence-corrected chi connectivity index (χ2v) is 7.65. The van der Waals surface area contributed by atoms with Crippen molar-refractivity contribution in [3.05, 3.63) is 0 Å². The average Bonchev–Trinajstić information content (AvgIpc) is 2.16. The third-order valence-corrected chi connectivity index (χ3v) is 5.95. The molecule has 0 N–H and O–H groups in total. The number of hydrogen-bond acceptors (Lipinski definition) is 2. The first-order chi connectivity index (χ1) is 7.09. The second-order valence-electron chi connectivity index (χ2n) is 5.30. The largest absolute Gasteiger partial charge is 0.397 e. The van der Waals surface area contributed by atoms with Gasteiger partial charge in [-0.15, -0.1) is 0 Å². The molecule has 1 aliphatic carbocycles. The van der Waals surface area contributed by atoms with Gasteiger partial charge in [-0.1, -0.05) is 20.3 Å². The molecule has 0 aromatic rings. The third kappa shape index (κ3) is 4.25. The predicted octanol–water partition coefficient (Wildman–Crippen LogP) is 3.25. The summed E-state index contributed by atoms with van der Waals surface area (Å²) in [5.41, 5.74) is 1.23. The summed E-state index contributed by atoms with van der Waals surface area (Å²) >= 11 is 0. The van der Waals surface area contributed by atoms with Crippen LogP contribution in [0.15, 0.2) is 0 Å². The summed E-state index contributed by atoms with van der Waals surface area (Å²) < 4.78 is 11.7. The Kier molecular flexibility index (Phi) is 5.30. The molecule has 2 nitrogen and oxygen atoms in total. The fourth-order valence-corrected chi connectivity index (χ4v) is 5.27. The van der Waals surface area contributed by atoms with Crippen LogP contribution in [0.2, 0.25) is 5.54 Å². The van der Waals surface area contributed by atoms with Crippen molar-refractivity contribution >= 4 is 9.28 Å². The monoisotopic (exact) mass is 230 g/mol. The Labute approximate surface area is 96.2 Å². The van der Waals surface area contributed by atoms with Gasteiger partial charge in [0.25, 0.3) is 0 Å². The summed E-state index contributed by atoms with van der Waals surface area (Å²) in [4.78, 5) is 0. The second kappa shape index (κ2) is 6.02. The Morgan fingerprint density at radius 1 is 1.20 bits per heavy atom. The molecule has 0 heterocycles. The molecule has 90 valence electrons. The molecule has 1 saturated carbocycles. The highest BCUT2D eigenvalue weighted by atomic mass is 28.3. The van der Waals surface area contributed by atoms with Crippen LogP contribution in [0, 0.1) is 5.41 Å². The summed E-state index contributed by atoms with van der Waals surface area (Å²) in [7, 11) is -1.40. The van der Waals surface area contributed by atoms with Crippen LogP contribution >= 0.6 is 0 Å². The fraction of sp³-hybridized carbons (Fsp3) is 1.00. The Morgan fingerprint density at radius 2 is 1.80 bits per heavy atom. The van der Waals surface area contributed by atoms with Gasteiger partial charge in [-0.3, -0.25) is 0 Å². The predicted molar refractivity (Wildman–Crippen MR) is 66.4 cm³/mol. The van der Waals surface area contributed by atoms with Gasteiger partial charge in [0, 0.05) is 18.8 Å². The maximum Gasteiger partial charge on any atom is 0.324 e. The summed E-state index contributed by atoms with van der Waals surface area (Å²) in [5.74, 6) is 0. The Morgan fingerprint density at radius 3 is 2.27 bits per heavy atom. The Bertz CT molecular complexity index is 176. The molecule has 1 rings (SSSR count). The lowest BCUT2D eigenvalue weighted by Gasteiger charge is -2.37. The summed E-state index contributed by atoms with van der Waals surface area (Å²) in [6.45, 7) is 10.5. The van der Waals surface area contributed by atoms with Gasteiger partial charge >= 0.3 is 9.28 Å². The van der Waals surface area contributed by atoms with Crippen molar-refractivity contribution < 1.29 is 8.85 Å². The molecule has 3 heteroatoms. The first-order valence-corrected chi connectivity index (χ1v) is 7.93. The molecule has 1 atom stereocenters. The molecule has 0 saturated heterocycles. The summed E-state index contributed by atoms with van der Waals surface area (Å²) in [6, 6.07) is 0. The van der Waals surface area contributed by atoms with Crippen molar-refractivity contribution in [3.63, 3.8) is 0 Å². The highest BCUT2D eigenvalue weighted by Crippen LogP contribution is 2.43. The first-order valence-electron chi connectivity index (χ1n) is 6.32. The van der Waals surface area contributed by atoms with Crippen LogP contribution in [0.4, 0.5) is 0 Å². The van der Waals surface area contributed by atoms with Crippen LogP contribution in [-0.4, -0.2) is 22.5 Å². The van der Waals surface area contributed by atoms with Gasteiger partial charge < -0.3 is 8.85 Å². The van der Waals surface area contributed by atoms with Crippen molar-refractivity contribution in [3.8, 4) is 0 Å². The molecule has 1 unspecified atom stereocenters. The minimum absolute atomic E-state index is 0.502. The molecular weight excluding hydrogens is 204 g/mol. The Hall–Kier alpha value is 0.137. The van der Waals surface area contributed by atoms with E-state index < -0.39 is 9.28 Å². The lowest BCUT2D eigenvalue weighted by atomic mass is 9.77. The van der Waals surface area contributed by atoms with Gasteiger partial charge in [0.05, 0.1) is 0 Å². The highest BCUT2D eigenvalue weighted by molar-refractivity contribution is 6.46. The van der Waals surface area contributed by atoms with Crippen molar-refractivity contribution in [2.45, 2.75) is 58.9 Å². The van der Waals surface area contributed by atoms with E-state index in [-0.39, 0.29) is 0 Å². The van der Waals surface area contributed by atoms with Gasteiger partial charge in [0.1, 0.15) is 0 Å². The van der Waals surface area contributed by atoms with Crippen molar-refractivity contribution in [2.24, 2.45) is 5.41 Å². The van der Waals surface area contributed by atoms with E-state index in [2.05, 4.69) is 27.7 Å². The smallest absolute Gasteiger partial charge is 0.324 e. The van der Waals surface area contributed by atoms with Crippen LogP contribution in [0.3, 0.4) is 0 Å². The van der Waals surface area contributed by atoms with Crippen LogP contribution < -0.4 is 0 Å². The van der Waals surface area contributed by atoms with Crippen LogP contribution in [0.1, 0.15) is 53.4 Å². The van der Waals surface area contributed by atoms with Crippen LogP contribution in [-0.2, 0) is 8.85 Å². The first kappa shape index (κ1) is 13.2. The quantitative estimate of drug-likeness (QED) is 0.675. The lowest BCUT2D eigenvalue weighted by Crippen LogP contribution is -2.34. The number of rotatable bonds is 5. The standard InChI is InChI=1S/C12H26O2Si/c1-5-13-15(14-6-2)11-8-7-9-12(3,4)10-11/h11,15H,5-10H2,1-4H3. The topological polar surface area (TPSA) is 18.5 Å². The van der Waals surface area contributed by atoms with Crippen molar-refractivity contribution in [2.75, 3.05) is 13.2 Å². The van der Waals surface area contributed by atoms with Gasteiger partial charge in [0.15, 0.2) is 0 Å².